The van der Waals surface area contributed by atoms with Crippen LogP contribution < -0.4 is 56.8 Å². The summed E-state index contributed by atoms with van der Waals surface area (Å²) in [6.45, 7) is 3.72. The summed E-state index contributed by atoms with van der Waals surface area (Å²) in [5, 5.41) is 3.75. The average molecular weight is 204 g/mol. The van der Waals surface area contributed by atoms with E-state index in [0.29, 0.717) is 0 Å². The predicted molar refractivity (Wildman–Crippen MR) is 45.5 cm³/mol. The van der Waals surface area contributed by atoms with Crippen molar-refractivity contribution in [2.45, 2.75) is 13.8 Å². The molecule has 0 saturated carbocycles. The molecule has 0 bridgehead atoms. The van der Waals surface area contributed by atoms with Gasteiger partial charge < -0.3 is 30.3 Å². The summed E-state index contributed by atoms with van der Waals surface area (Å²) in [6.07, 6.45) is 0. The van der Waals surface area contributed by atoms with E-state index < -0.39 is 0 Å². The van der Waals surface area contributed by atoms with E-state index in [1.807, 2.05) is 13.8 Å². The number of hydrogen-bond acceptors (Lipinski definition) is 3. The van der Waals surface area contributed by atoms with Crippen molar-refractivity contribution < 1.29 is 56.9 Å². The molecule has 0 heterocycles. The predicted octanol–water partition coefficient (Wildman–Crippen LogP) is -3.02. The number of nitrogens with one attached hydrogen (secondary N) is 1. The van der Waals surface area contributed by atoms with Crippen LogP contribution in [0, 0.1) is 0 Å². The molecule has 0 amide bonds. The summed E-state index contributed by atoms with van der Waals surface area (Å²) in [5.41, 5.74) is 3.39. The van der Waals surface area contributed by atoms with E-state index in [0.717, 1.165) is 5.71 Å². The normalized spacial score (nSPS) is 6.20. The fraction of sp³-hybridized carbons (Fsp3) is 0.500. The fourth-order valence-corrected chi connectivity index (χ4v) is 0.249. The summed E-state index contributed by atoms with van der Waals surface area (Å²) >= 11 is 9.02. The summed E-state index contributed by atoms with van der Waals surface area (Å²) in [6, 6.07) is 0. The molecule has 0 unspecified atom stereocenters. The van der Waals surface area contributed by atoms with Crippen LogP contribution in [0.15, 0.2) is 5.10 Å². The molecule has 3 N–H and O–H groups in total. The van der Waals surface area contributed by atoms with Crippen LogP contribution in [-0.4, -0.2) is 15.5 Å². The van der Waals surface area contributed by atoms with Crippen molar-refractivity contribution in [3.05, 3.63) is 0 Å². The van der Waals surface area contributed by atoms with Gasteiger partial charge in [-0.15, -0.1) is 0 Å². The second-order valence-corrected chi connectivity index (χ2v) is 2.53. The van der Waals surface area contributed by atoms with Gasteiger partial charge in [0.2, 0.25) is 0 Å². The van der Waals surface area contributed by atoms with Crippen LogP contribution in [0.4, 0.5) is 0 Å². The maximum absolute atomic E-state index is 4.51. The van der Waals surface area contributed by atoms with Gasteiger partial charge in [0.25, 0.3) is 0 Å². The molecular formula is C4H9KN2OS2. The smallest absolute Gasteiger partial charge is 0.412 e. The molecule has 0 aromatic rings. The van der Waals surface area contributed by atoms with Crippen LogP contribution in [0.5, 0.6) is 0 Å². The first-order valence-electron chi connectivity index (χ1n) is 2.11. The molecule has 3 nitrogen and oxygen atoms in total. The average Bonchev–Trinajstić information content (AvgIpc) is 1.61. The SMILES string of the molecule is CC(C)=NNC(=S)[S-].O.[K+]. The van der Waals surface area contributed by atoms with Crippen molar-refractivity contribution in [2.24, 2.45) is 5.10 Å². The van der Waals surface area contributed by atoms with Crippen molar-refractivity contribution in [2.75, 3.05) is 0 Å². The summed E-state index contributed by atoms with van der Waals surface area (Å²) < 4.78 is 0.284. The largest absolute Gasteiger partial charge is 1.00 e. The van der Waals surface area contributed by atoms with Crippen molar-refractivity contribution >= 4 is 34.9 Å². The molecule has 0 aliphatic carbocycles. The number of thiocarbonyl (C=S) groups is 1. The molecule has 0 saturated heterocycles. The van der Waals surface area contributed by atoms with E-state index in [-0.39, 0.29) is 61.2 Å². The Morgan fingerprint density at radius 2 is 1.90 bits per heavy atom. The van der Waals surface area contributed by atoms with Gasteiger partial charge in [-0.1, -0.05) is 0 Å². The number of hydrazone groups is 1. The molecule has 54 valence electrons. The molecule has 0 radical (unpaired) electrons. The summed E-state index contributed by atoms with van der Waals surface area (Å²) in [5.74, 6) is 0. The van der Waals surface area contributed by atoms with Gasteiger partial charge in [0.15, 0.2) is 0 Å². The third-order valence-corrected chi connectivity index (χ3v) is 0.553. The maximum atomic E-state index is 4.51. The van der Waals surface area contributed by atoms with Crippen molar-refractivity contribution in [1.82, 2.24) is 5.43 Å². The first kappa shape index (κ1) is 17.5. The minimum atomic E-state index is 0. The standard InChI is InChI=1S/C4H8N2S2.K.H2O/c1-3(2)5-6-4(7)8;;/h1-2H3,(H2,6,7,8);;1H2/q;+1;/p-1. The third kappa shape index (κ3) is 16.2. The van der Waals surface area contributed by atoms with Crippen LogP contribution in [0.25, 0.3) is 0 Å². The Labute approximate surface area is 114 Å². The van der Waals surface area contributed by atoms with Crippen LogP contribution in [0.2, 0.25) is 0 Å². The quantitative estimate of drug-likeness (QED) is 0.163. The zero-order chi connectivity index (χ0) is 6.57. The second kappa shape index (κ2) is 10.4. The Morgan fingerprint density at radius 1 is 1.50 bits per heavy atom. The zero-order valence-electron chi connectivity index (χ0n) is 6.26. The van der Waals surface area contributed by atoms with Gasteiger partial charge in [-0.05, 0) is 18.2 Å². The van der Waals surface area contributed by atoms with Crippen LogP contribution in [-0.2, 0) is 12.6 Å². The van der Waals surface area contributed by atoms with Gasteiger partial charge >= 0.3 is 51.4 Å². The van der Waals surface area contributed by atoms with Gasteiger partial charge in [0, 0.05) is 5.71 Å². The monoisotopic (exact) mass is 204 g/mol. The Morgan fingerprint density at radius 3 is 2.00 bits per heavy atom. The van der Waals surface area contributed by atoms with E-state index in [1.165, 1.54) is 0 Å². The van der Waals surface area contributed by atoms with E-state index in [2.05, 4.69) is 35.4 Å². The fourth-order valence-electron chi connectivity index (χ4n) is 0.157. The molecule has 0 aliphatic heterocycles. The number of hydrogen-bond donors (Lipinski definition) is 1. The van der Waals surface area contributed by atoms with E-state index >= 15 is 0 Å². The Balaban J connectivity index is -0.000000245. The van der Waals surface area contributed by atoms with Gasteiger partial charge in [0.1, 0.15) is 0 Å². The molecule has 10 heavy (non-hydrogen) atoms. The minimum absolute atomic E-state index is 0. The van der Waals surface area contributed by atoms with Crippen molar-refractivity contribution in [3.8, 4) is 0 Å². The third-order valence-electron chi connectivity index (χ3n) is 0.371. The van der Waals surface area contributed by atoms with Gasteiger partial charge in [-0.2, -0.15) is 5.10 Å². The Hall–Kier alpha value is 1.38. The topological polar surface area (TPSA) is 55.9 Å². The van der Waals surface area contributed by atoms with Crippen molar-refractivity contribution in [3.63, 3.8) is 0 Å². The van der Waals surface area contributed by atoms with Gasteiger partial charge in [-0.25, -0.2) is 0 Å². The second-order valence-electron chi connectivity index (χ2n) is 1.46. The van der Waals surface area contributed by atoms with Crippen LogP contribution in [0.3, 0.4) is 0 Å². The number of nitrogens with zero attached hydrogens (tertiary/aromatic N) is 1. The van der Waals surface area contributed by atoms with Gasteiger partial charge in [0.05, 0.1) is 0 Å². The Bertz CT molecular complexity index is 124. The first-order valence-corrected chi connectivity index (χ1v) is 2.92. The molecule has 6 heteroatoms. The minimum Gasteiger partial charge on any atom is -0.412 e. The zero-order valence-corrected chi connectivity index (χ0v) is 11.0. The molecule has 0 rings (SSSR count). The molecule has 0 fully saturated rings. The van der Waals surface area contributed by atoms with E-state index in [9.17, 15) is 0 Å². The molecule has 0 aromatic carbocycles. The molecule has 0 atom stereocenters. The van der Waals surface area contributed by atoms with Gasteiger partial charge in [-0.3, -0.25) is 5.43 Å². The van der Waals surface area contributed by atoms with E-state index in [4.69, 9.17) is 0 Å². The first-order chi connectivity index (χ1) is 3.63. The van der Waals surface area contributed by atoms with Crippen LogP contribution >= 0.6 is 12.2 Å². The molecule has 0 spiro atoms. The maximum Gasteiger partial charge on any atom is 1.00 e. The van der Waals surface area contributed by atoms with Crippen LogP contribution in [0.1, 0.15) is 13.8 Å². The molecule has 0 aliphatic rings. The van der Waals surface area contributed by atoms with E-state index in [1.54, 1.807) is 0 Å². The molecular weight excluding hydrogens is 195 g/mol. The van der Waals surface area contributed by atoms with Crippen molar-refractivity contribution in [1.29, 1.82) is 0 Å². The summed E-state index contributed by atoms with van der Waals surface area (Å²) in [7, 11) is 0. The summed E-state index contributed by atoms with van der Waals surface area (Å²) in [4.78, 5) is 0. The Kier molecular flexibility index (Phi) is 18.1. The number of rotatable bonds is 1. The molecule has 0 aromatic heterocycles.